The lowest BCUT2D eigenvalue weighted by Gasteiger charge is -2.19. The van der Waals surface area contributed by atoms with Crippen LogP contribution in [0.1, 0.15) is 23.7 Å². The van der Waals surface area contributed by atoms with Crippen molar-refractivity contribution in [3.8, 4) is 16.9 Å². The largest absolute Gasteiger partial charge is 0.491 e. The van der Waals surface area contributed by atoms with E-state index in [0.29, 0.717) is 22.8 Å². The molecule has 0 saturated carbocycles. The summed E-state index contributed by atoms with van der Waals surface area (Å²) in [5.74, 6) is 1.19. The summed E-state index contributed by atoms with van der Waals surface area (Å²) in [5.41, 5.74) is 9.23. The van der Waals surface area contributed by atoms with E-state index in [4.69, 9.17) is 33.7 Å². The van der Waals surface area contributed by atoms with Crippen LogP contribution in [0.4, 0.5) is 16.2 Å². The number of nitrogens with one attached hydrogen (secondary N) is 1. The van der Waals surface area contributed by atoms with Crippen LogP contribution in [0.3, 0.4) is 0 Å². The zero-order chi connectivity index (χ0) is 21.8. The molecule has 158 valence electrons. The zero-order valence-corrected chi connectivity index (χ0v) is 18.5. The molecule has 0 radical (unpaired) electrons. The third-order valence-corrected chi connectivity index (χ3v) is 5.44. The number of aryl methyl sites for hydroxylation is 2. The molecule has 3 aromatic rings. The molecule has 3 N–H and O–H groups in total. The molecule has 30 heavy (non-hydrogen) atoms. The predicted molar refractivity (Wildman–Crippen MR) is 121 cm³/mol. The highest BCUT2D eigenvalue weighted by molar-refractivity contribution is 6.43. The van der Waals surface area contributed by atoms with Crippen molar-refractivity contribution in [3.63, 3.8) is 0 Å². The predicted octanol–water partition coefficient (Wildman–Crippen LogP) is 6.00. The van der Waals surface area contributed by atoms with Gasteiger partial charge in [0.25, 0.3) is 0 Å². The van der Waals surface area contributed by atoms with Gasteiger partial charge in [0.1, 0.15) is 24.8 Å². The summed E-state index contributed by atoms with van der Waals surface area (Å²) in [6.45, 7) is 5.47. The number of benzene rings is 2. The lowest BCUT2D eigenvalue weighted by molar-refractivity contribution is 0.299. The van der Waals surface area contributed by atoms with Gasteiger partial charge in [-0.2, -0.15) is 4.98 Å². The summed E-state index contributed by atoms with van der Waals surface area (Å²) < 4.78 is 19.7. The van der Waals surface area contributed by atoms with Gasteiger partial charge >= 0.3 is 0 Å². The number of para-hydroxylation sites is 1. The first-order chi connectivity index (χ1) is 14.3. The summed E-state index contributed by atoms with van der Waals surface area (Å²) in [6.07, 6.45) is 0. The molecule has 0 aliphatic carbocycles. The highest BCUT2D eigenvalue weighted by atomic mass is 35.5. The Morgan fingerprint density at radius 2 is 1.77 bits per heavy atom. The van der Waals surface area contributed by atoms with Crippen LogP contribution in [0.5, 0.6) is 5.75 Å². The van der Waals surface area contributed by atoms with Crippen LogP contribution >= 0.6 is 23.2 Å². The van der Waals surface area contributed by atoms with E-state index in [1.165, 1.54) is 0 Å². The van der Waals surface area contributed by atoms with E-state index in [2.05, 4.69) is 15.3 Å². The Hall–Kier alpha value is -2.57. The number of aromatic nitrogens is 2. The van der Waals surface area contributed by atoms with Gasteiger partial charge < -0.3 is 15.8 Å². The molecule has 8 heteroatoms. The number of nitrogens with two attached hydrogens (primary N) is 1. The van der Waals surface area contributed by atoms with Gasteiger partial charge in [0.05, 0.1) is 21.8 Å². The molecule has 0 saturated heterocycles. The minimum Gasteiger partial charge on any atom is -0.491 e. The van der Waals surface area contributed by atoms with Crippen LogP contribution in [-0.4, -0.2) is 22.6 Å². The van der Waals surface area contributed by atoms with E-state index in [0.717, 1.165) is 16.9 Å². The fourth-order valence-corrected chi connectivity index (χ4v) is 3.57. The second kappa shape index (κ2) is 9.49. The Kier molecular flexibility index (Phi) is 7.00. The van der Waals surface area contributed by atoms with E-state index >= 15 is 0 Å². The van der Waals surface area contributed by atoms with Crippen molar-refractivity contribution in [3.05, 3.63) is 63.3 Å². The minimum atomic E-state index is -0.827. The topological polar surface area (TPSA) is 73.1 Å². The van der Waals surface area contributed by atoms with Crippen molar-refractivity contribution in [2.24, 2.45) is 0 Å². The second-order valence-electron chi connectivity index (χ2n) is 7.07. The van der Waals surface area contributed by atoms with Crippen molar-refractivity contribution >= 4 is 35.0 Å². The Morgan fingerprint density at radius 3 is 2.43 bits per heavy atom. The maximum Gasteiger partial charge on any atom is 0.225 e. The number of hydrogen-bond donors (Lipinski definition) is 2. The molecule has 0 spiro atoms. The van der Waals surface area contributed by atoms with Crippen LogP contribution in [-0.2, 0) is 6.67 Å². The first-order valence-corrected chi connectivity index (χ1v) is 10.2. The molecule has 0 aliphatic heterocycles. The van der Waals surface area contributed by atoms with Gasteiger partial charge in [0, 0.05) is 11.1 Å². The van der Waals surface area contributed by atoms with E-state index in [1.807, 2.05) is 39.0 Å². The molecular weight excluding hydrogens is 426 g/mol. The molecule has 0 amide bonds. The lowest BCUT2D eigenvalue weighted by atomic mass is 10.0. The van der Waals surface area contributed by atoms with Crippen LogP contribution in [0.25, 0.3) is 11.1 Å². The Labute approximate surface area is 185 Å². The summed E-state index contributed by atoms with van der Waals surface area (Å²) in [6, 6.07) is 10.9. The molecule has 0 aliphatic rings. The van der Waals surface area contributed by atoms with Crippen molar-refractivity contribution in [1.29, 1.82) is 0 Å². The van der Waals surface area contributed by atoms with Crippen LogP contribution in [0, 0.1) is 13.8 Å². The fraction of sp³-hybridized carbons (Fsp3) is 0.273. The quantitative estimate of drug-likeness (QED) is 0.463. The number of anilines is 2. The van der Waals surface area contributed by atoms with Crippen LogP contribution in [0.2, 0.25) is 10.0 Å². The molecule has 0 fully saturated rings. The summed E-state index contributed by atoms with van der Waals surface area (Å²) in [7, 11) is 0. The normalized spacial score (nSPS) is 11.9. The molecule has 2 aromatic carbocycles. The van der Waals surface area contributed by atoms with Gasteiger partial charge in [0.15, 0.2) is 0 Å². The number of rotatable bonds is 7. The monoisotopic (exact) mass is 448 g/mol. The van der Waals surface area contributed by atoms with Gasteiger partial charge in [-0.15, -0.1) is 0 Å². The SMILES string of the molecule is Cc1cccc(C)c1OCC(C)Nc1nc(N)c(-c2cccc(Cl)c2Cl)c(CF)n1. The number of nitrogen functional groups attached to an aromatic ring is 1. The van der Waals surface area contributed by atoms with E-state index < -0.39 is 6.67 Å². The average Bonchev–Trinajstić information content (AvgIpc) is 2.69. The van der Waals surface area contributed by atoms with Crippen molar-refractivity contribution in [2.75, 3.05) is 17.7 Å². The van der Waals surface area contributed by atoms with Gasteiger partial charge in [-0.25, -0.2) is 9.37 Å². The molecule has 0 bridgehead atoms. The summed E-state index contributed by atoms with van der Waals surface area (Å²) in [5, 5.41) is 3.74. The van der Waals surface area contributed by atoms with Gasteiger partial charge in [-0.3, -0.25) is 0 Å². The van der Waals surface area contributed by atoms with Crippen molar-refractivity contribution in [1.82, 2.24) is 9.97 Å². The Balaban J connectivity index is 1.80. The highest BCUT2D eigenvalue weighted by Gasteiger charge is 2.19. The Bertz CT molecular complexity index is 1040. The fourth-order valence-electron chi connectivity index (χ4n) is 3.18. The number of hydrogen-bond acceptors (Lipinski definition) is 5. The molecule has 1 unspecified atom stereocenters. The van der Waals surface area contributed by atoms with Gasteiger partial charge in [-0.1, -0.05) is 53.5 Å². The van der Waals surface area contributed by atoms with Crippen LogP contribution in [0.15, 0.2) is 36.4 Å². The first kappa shape index (κ1) is 22.1. The molecule has 3 rings (SSSR count). The first-order valence-electron chi connectivity index (χ1n) is 9.44. The Morgan fingerprint density at radius 1 is 1.10 bits per heavy atom. The molecule has 1 heterocycles. The second-order valence-corrected chi connectivity index (χ2v) is 7.85. The van der Waals surface area contributed by atoms with Crippen LogP contribution < -0.4 is 15.8 Å². The van der Waals surface area contributed by atoms with Gasteiger partial charge in [0.2, 0.25) is 5.95 Å². The summed E-state index contributed by atoms with van der Waals surface area (Å²) >= 11 is 12.4. The number of nitrogens with zero attached hydrogens (tertiary/aromatic N) is 2. The van der Waals surface area contributed by atoms with E-state index in [9.17, 15) is 4.39 Å². The number of ether oxygens (including phenoxy) is 1. The molecule has 1 atom stereocenters. The van der Waals surface area contributed by atoms with Gasteiger partial charge in [-0.05, 0) is 38.0 Å². The highest BCUT2D eigenvalue weighted by Crippen LogP contribution is 2.38. The number of halogens is 3. The molecule has 1 aromatic heterocycles. The minimum absolute atomic E-state index is 0.118. The standard InChI is InChI=1S/C22H23Cl2FN4O/c1-12-6-4-7-13(2)20(12)30-11-14(3)27-22-28-17(10-25)18(21(26)29-22)15-8-5-9-16(23)19(15)24/h4-9,14H,10-11H2,1-3H3,(H3,26,27,28,29). The third kappa shape index (κ3) is 4.77. The third-order valence-electron chi connectivity index (χ3n) is 4.62. The smallest absolute Gasteiger partial charge is 0.225 e. The summed E-state index contributed by atoms with van der Waals surface area (Å²) in [4.78, 5) is 8.59. The van der Waals surface area contributed by atoms with E-state index in [1.54, 1.807) is 18.2 Å². The maximum absolute atomic E-state index is 13.8. The molecular formula is C22H23Cl2FN4O. The lowest BCUT2D eigenvalue weighted by Crippen LogP contribution is -2.25. The molecule has 5 nitrogen and oxygen atoms in total. The maximum atomic E-state index is 13.8. The van der Waals surface area contributed by atoms with Crippen molar-refractivity contribution in [2.45, 2.75) is 33.5 Å². The van der Waals surface area contributed by atoms with E-state index in [-0.39, 0.29) is 28.5 Å². The average molecular weight is 449 g/mol. The zero-order valence-electron chi connectivity index (χ0n) is 17.0. The van der Waals surface area contributed by atoms with Crippen molar-refractivity contribution < 1.29 is 9.13 Å². The number of alkyl halides is 1.